The molecule has 5 heteroatoms. The molecule has 2 unspecified atom stereocenters. The Bertz CT molecular complexity index is 156. The maximum Gasteiger partial charge on any atom is 0.392 e. The van der Waals surface area contributed by atoms with Gasteiger partial charge in [0.15, 0.2) is 0 Å². The van der Waals surface area contributed by atoms with Crippen molar-refractivity contribution in [1.29, 1.82) is 0 Å². The molecule has 0 heterocycles. The zero-order valence-corrected chi connectivity index (χ0v) is 7.34. The number of alkyl halides is 3. The molecule has 1 aliphatic carbocycles. The molecule has 78 valence electrons. The van der Waals surface area contributed by atoms with Gasteiger partial charge in [-0.1, -0.05) is 6.42 Å². The van der Waals surface area contributed by atoms with Gasteiger partial charge in [0.25, 0.3) is 0 Å². The van der Waals surface area contributed by atoms with E-state index in [-0.39, 0.29) is 6.42 Å². The smallest absolute Gasteiger partial charge is 0.392 e. The fourth-order valence-corrected chi connectivity index (χ4v) is 1.56. The molecule has 13 heavy (non-hydrogen) atoms. The largest absolute Gasteiger partial charge is 0.400 e. The van der Waals surface area contributed by atoms with Gasteiger partial charge in [-0.3, -0.25) is 0 Å². The van der Waals surface area contributed by atoms with Crippen LogP contribution in [0, 0.1) is 11.8 Å². The third kappa shape index (κ3) is 3.34. The number of aldehydes is 1. The minimum Gasteiger partial charge on any atom is -0.400 e. The second-order valence-corrected chi connectivity index (χ2v) is 2.88. The number of halogens is 3. The first-order chi connectivity index (χ1) is 6.05. The zero-order valence-electron chi connectivity index (χ0n) is 7.34. The summed E-state index contributed by atoms with van der Waals surface area (Å²) in [5.41, 5.74) is 0. The summed E-state index contributed by atoms with van der Waals surface area (Å²) in [5, 5.41) is 7.00. The Labute approximate surface area is 74.7 Å². The molecule has 0 saturated heterocycles. The van der Waals surface area contributed by atoms with Crippen LogP contribution < -0.4 is 0 Å². The van der Waals surface area contributed by atoms with Gasteiger partial charge in [-0.15, -0.1) is 0 Å². The molecule has 0 aromatic carbocycles. The molecular formula is C8H13F3O2. The molecule has 1 rings (SSSR count). The van der Waals surface area contributed by atoms with Crippen molar-refractivity contribution in [2.75, 3.05) is 7.11 Å². The van der Waals surface area contributed by atoms with Crippen LogP contribution in [0.4, 0.5) is 13.2 Å². The SMILES string of the molecule is CO.O=CC1CCCC1C(F)(F)F. The van der Waals surface area contributed by atoms with Gasteiger partial charge in [0.05, 0.1) is 5.92 Å². The van der Waals surface area contributed by atoms with E-state index >= 15 is 0 Å². The average Bonchev–Trinajstić information content (AvgIpc) is 2.54. The van der Waals surface area contributed by atoms with E-state index in [4.69, 9.17) is 5.11 Å². The normalized spacial score (nSPS) is 27.8. The summed E-state index contributed by atoms with van der Waals surface area (Å²) in [6.07, 6.45) is -2.71. The topological polar surface area (TPSA) is 37.3 Å². The van der Waals surface area contributed by atoms with Crippen molar-refractivity contribution in [2.24, 2.45) is 11.8 Å². The molecule has 0 aliphatic heterocycles. The van der Waals surface area contributed by atoms with Crippen LogP contribution in [-0.4, -0.2) is 24.7 Å². The molecule has 1 saturated carbocycles. The summed E-state index contributed by atoms with van der Waals surface area (Å²) in [6.45, 7) is 0. The van der Waals surface area contributed by atoms with Gasteiger partial charge in [0.1, 0.15) is 6.29 Å². The van der Waals surface area contributed by atoms with Gasteiger partial charge in [0, 0.05) is 13.0 Å². The number of carbonyl (C=O) groups is 1. The van der Waals surface area contributed by atoms with Gasteiger partial charge >= 0.3 is 6.18 Å². The number of carbonyl (C=O) groups excluding carboxylic acids is 1. The molecule has 0 spiro atoms. The summed E-state index contributed by atoms with van der Waals surface area (Å²) >= 11 is 0. The van der Waals surface area contributed by atoms with Gasteiger partial charge in [-0.2, -0.15) is 13.2 Å². The highest BCUT2D eigenvalue weighted by Crippen LogP contribution is 2.41. The summed E-state index contributed by atoms with van der Waals surface area (Å²) in [4.78, 5) is 10.2. The molecule has 1 fully saturated rings. The van der Waals surface area contributed by atoms with E-state index in [0.717, 1.165) is 7.11 Å². The third-order valence-corrected chi connectivity index (χ3v) is 2.16. The van der Waals surface area contributed by atoms with Crippen molar-refractivity contribution >= 4 is 6.29 Å². The van der Waals surface area contributed by atoms with Gasteiger partial charge < -0.3 is 9.90 Å². The number of hydrogen-bond donors (Lipinski definition) is 1. The lowest BCUT2D eigenvalue weighted by molar-refractivity contribution is -0.183. The predicted octanol–water partition coefficient (Wildman–Crippen LogP) is 1.77. The third-order valence-electron chi connectivity index (χ3n) is 2.16. The molecule has 1 N–H and O–H groups in total. The highest BCUT2D eigenvalue weighted by atomic mass is 19.4. The first-order valence-corrected chi connectivity index (χ1v) is 4.02. The summed E-state index contributed by atoms with van der Waals surface area (Å²) < 4.78 is 36.1. The Balaban J connectivity index is 0.000000671. The lowest BCUT2D eigenvalue weighted by Gasteiger charge is -2.17. The first-order valence-electron chi connectivity index (χ1n) is 4.02. The van der Waals surface area contributed by atoms with Crippen LogP contribution >= 0.6 is 0 Å². The lowest BCUT2D eigenvalue weighted by atomic mass is 9.97. The Morgan fingerprint density at radius 2 is 1.85 bits per heavy atom. The van der Waals surface area contributed by atoms with E-state index < -0.39 is 18.0 Å². The molecule has 2 atom stereocenters. The zero-order chi connectivity index (χ0) is 10.5. The maximum absolute atomic E-state index is 12.0. The summed E-state index contributed by atoms with van der Waals surface area (Å²) in [7, 11) is 1.00. The number of aliphatic hydroxyl groups excluding tert-OH is 1. The molecule has 1 aliphatic rings. The Hall–Kier alpha value is -0.580. The highest BCUT2D eigenvalue weighted by Gasteiger charge is 2.46. The second kappa shape index (κ2) is 5.21. The van der Waals surface area contributed by atoms with Crippen LogP contribution in [0.25, 0.3) is 0 Å². The van der Waals surface area contributed by atoms with Crippen LogP contribution in [0.1, 0.15) is 19.3 Å². The second-order valence-electron chi connectivity index (χ2n) is 2.88. The molecule has 0 aromatic rings. The minimum absolute atomic E-state index is 0.118. The maximum atomic E-state index is 12.0. The molecule has 2 nitrogen and oxygen atoms in total. The fourth-order valence-electron chi connectivity index (χ4n) is 1.56. The standard InChI is InChI=1S/C7H9F3O.CH4O/c8-7(9,10)6-3-1-2-5(6)4-11;1-2/h4-6H,1-3H2;2H,1H3. The fraction of sp³-hybridized carbons (Fsp3) is 0.875. The van der Waals surface area contributed by atoms with Crippen molar-refractivity contribution in [3.63, 3.8) is 0 Å². The van der Waals surface area contributed by atoms with E-state index in [2.05, 4.69) is 0 Å². The minimum atomic E-state index is -4.18. The van der Waals surface area contributed by atoms with Crippen molar-refractivity contribution in [1.82, 2.24) is 0 Å². The molecule has 0 aromatic heterocycles. The van der Waals surface area contributed by atoms with Crippen molar-refractivity contribution < 1.29 is 23.1 Å². The van der Waals surface area contributed by atoms with E-state index in [1.165, 1.54) is 0 Å². The Morgan fingerprint density at radius 1 is 1.31 bits per heavy atom. The quantitative estimate of drug-likeness (QED) is 0.652. The van der Waals surface area contributed by atoms with Crippen LogP contribution in [0.2, 0.25) is 0 Å². The van der Waals surface area contributed by atoms with Gasteiger partial charge in [-0.25, -0.2) is 0 Å². The summed E-state index contributed by atoms with van der Waals surface area (Å²) in [6, 6.07) is 0. The van der Waals surface area contributed by atoms with Crippen molar-refractivity contribution in [3.05, 3.63) is 0 Å². The van der Waals surface area contributed by atoms with Gasteiger partial charge in [0.2, 0.25) is 0 Å². The number of aliphatic hydroxyl groups is 1. The Morgan fingerprint density at radius 3 is 2.15 bits per heavy atom. The van der Waals surface area contributed by atoms with Crippen molar-refractivity contribution in [2.45, 2.75) is 25.4 Å². The van der Waals surface area contributed by atoms with Crippen molar-refractivity contribution in [3.8, 4) is 0 Å². The van der Waals surface area contributed by atoms with E-state index in [9.17, 15) is 18.0 Å². The van der Waals surface area contributed by atoms with Crippen LogP contribution in [-0.2, 0) is 4.79 Å². The average molecular weight is 198 g/mol. The highest BCUT2D eigenvalue weighted by molar-refractivity contribution is 5.54. The number of rotatable bonds is 1. The molecule has 0 amide bonds. The van der Waals surface area contributed by atoms with E-state index in [1.807, 2.05) is 0 Å². The summed E-state index contributed by atoms with van der Waals surface area (Å²) in [5.74, 6) is -2.16. The monoisotopic (exact) mass is 198 g/mol. The predicted molar refractivity (Wildman–Crippen MR) is 41.1 cm³/mol. The number of hydrogen-bond acceptors (Lipinski definition) is 2. The Kier molecular flexibility index (Phi) is 4.98. The molecular weight excluding hydrogens is 185 g/mol. The van der Waals surface area contributed by atoms with Crippen LogP contribution in [0.15, 0.2) is 0 Å². The van der Waals surface area contributed by atoms with E-state index in [0.29, 0.717) is 19.1 Å². The lowest BCUT2D eigenvalue weighted by Crippen LogP contribution is -2.26. The molecule has 0 bridgehead atoms. The first kappa shape index (κ1) is 12.4. The van der Waals surface area contributed by atoms with E-state index in [1.54, 1.807) is 0 Å². The van der Waals surface area contributed by atoms with Crippen LogP contribution in [0.3, 0.4) is 0 Å². The van der Waals surface area contributed by atoms with Gasteiger partial charge in [-0.05, 0) is 12.8 Å². The van der Waals surface area contributed by atoms with Crippen LogP contribution in [0.5, 0.6) is 0 Å². The molecule has 0 radical (unpaired) electrons.